The van der Waals surface area contributed by atoms with E-state index in [9.17, 15) is 4.79 Å². The molecule has 1 fully saturated rings. The van der Waals surface area contributed by atoms with E-state index in [0.717, 1.165) is 19.6 Å². The molecule has 1 amide bonds. The highest BCUT2D eigenvalue weighted by atomic mass is 16.2. The Bertz CT molecular complexity index is 471. The lowest BCUT2D eigenvalue weighted by molar-refractivity contribution is -0.138. The van der Waals surface area contributed by atoms with Gasteiger partial charge in [0, 0.05) is 38.1 Å². The molecule has 2 atom stereocenters. The van der Waals surface area contributed by atoms with Crippen LogP contribution in [-0.2, 0) is 4.79 Å². The van der Waals surface area contributed by atoms with Gasteiger partial charge in [-0.3, -0.25) is 9.69 Å². The van der Waals surface area contributed by atoms with Crippen molar-refractivity contribution in [2.75, 3.05) is 19.6 Å². The van der Waals surface area contributed by atoms with Crippen molar-refractivity contribution in [3.8, 4) is 0 Å². The number of rotatable bonds is 4. The van der Waals surface area contributed by atoms with Crippen LogP contribution in [0.5, 0.6) is 0 Å². The Kier molecular flexibility index (Phi) is 5.57. The van der Waals surface area contributed by atoms with Crippen molar-refractivity contribution in [3.63, 3.8) is 0 Å². The molecule has 114 valence electrons. The number of nitrogens with zero attached hydrogens (tertiary/aromatic N) is 2. The molecule has 1 aromatic carbocycles. The number of hydrogen-bond donors (Lipinski definition) is 0. The van der Waals surface area contributed by atoms with E-state index >= 15 is 0 Å². The van der Waals surface area contributed by atoms with Crippen molar-refractivity contribution in [1.29, 1.82) is 0 Å². The Hall–Kier alpha value is -1.61. The van der Waals surface area contributed by atoms with Crippen LogP contribution in [0.1, 0.15) is 32.8 Å². The maximum Gasteiger partial charge on any atom is 0.222 e. The van der Waals surface area contributed by atoms with E-state index in [0.29, 0.717) is 18.5 Å². The molecular formula is C18H26N2O. The lowest BCUT2D eigenvalue weighted by atomic mass is 10.1. The van der Waals surface area contributed by atoms with Crippen molar-refractivity contribution in [3.05, 3.63) is 42.0 Å². The van der Waals surface area contributed by atoms with Gasteiger partial charge in [-0.1, -0.05) is 49.4 Å². The molecule has 1 saturated heterocycles. The van der Waals surface area contributed by atoms with Crippen LogP contribution in [-0.4, -0.2) is 47.4 Å². The fourth-order valence-electron chi connectivity index (χ4n) is 3.16. The largest absolute Gasteiger partial charge is 0.335 e. The summed E-state index contributed by atoms with van der Waals surface area (Å²) >= 11 is 0. The van der Waals surface area contributed by atoms with E-state index in [4.69, 9.17) is 0 Å². The van der Waals surface area contributed by atoms with Crippen molar-refractivity contribution >= 4 is 12.0 Å². The molecule has 3 heteroatoms. The molecule has 2 rings (SSSR count). The van der Waals surface area contributed by atoms with Gasteiger partial charge in [0.1, 0.15) is 0 Å². The monoisotopic (exact) mass is 286 g/mol. The van der Waals surface area contributed by atoms with E-state index < -0.39 is 0 Å². The number of benzene rings is 1. The molecule has 0 aromatic heterocycles. The number of carbonyl (C=O) groups excluding carboxylic acids is 1. The second-order valence-corrected chi connectivity index (χ2v) is 5.88. The van der Waals surface area contributed by atoms with Gasteiger partial charge in [-0.2, -0.15) is 0 Å². The van der Waals surface area contributed by atoms with Gasteiger partial charge in [-0.15, -0.1) is 0 Å². The summed E-state index contributed by atoms with van der Waals surface area (Å²) < 4.78 is 0. The second kappa shape index (κ2) is 7.41. The normalized spacial score (nSPS) is 23.7. The summed E-state index contributed by atoms with van der Waals surface area (Å²) in [7, 11) is 0. The van der Waals surface area contributed by atoms with Crippen molar-refractivity contribution in [1.82, 2.24) is 9.80 Å². The van der Waals surface area contributed by atoms with Crippen molar-refractivity contribution in [2.45, 2.75) is 39.3 Å². The molecule has 1 heterocycles. The summed E-state index contributed by atoms with van der Waals surface area (Å²) in [6.45, 7) is 9.09. The van der Waals surface area contributed by atoms with Crippen LogP contribution in [0.2, 0.25) is 0 Å². The fraction of sp³-hybridized carbons (Fsp3) is 0.500. The molecule has 0 spiro atoms. The van der Waals surface area contributed by atoms with Gasteiger partial charge in [-0.05, 0) is 19.4 Å². The number of carbonyl (C=O) groups is 1. The molecule has 0 bridgehead atoms. The average molecular weight is 286 g/mol. The first-order chi connectivity index (χ1) is 10.1. The van der Waals surface area contributed by atoms with Gasteiger partial charge < -0.3 is 4.90 Å². The smallest absolute Gasteiger partial charge is 0.222 e. The lowest BCUT2D eigenvalue weighted by Gasteiger charge is -2.44. The third-order valence-electron chi connectivity index (χ3n) is 4.06. The van der Waals surface area contributed by atoms with Gasteiger partial charge in [0.2, 0.25) is 5.91 Å². The summed E-state index contributed by atoms with van der Waals surface area (Å²) in [5.74, 6) is 0.273. The Morgan fingerprint density at radius 1 is 1.19 bits per heavy atom. The molecule has 1 aliphatic rings. The summed E-state index contributed by atoms with van der Waals surface area (Å²) in [5.41, 5.74) is 1.23. The second-order valence-electron chi connectivity index (χ2n) is 5.88. The Morgan fingerprint density at radius 2 is 1.81 bits per heavy atom. The maximum absolute atomic E-state index is 12.0. The van der Waals surface area contributed by atoms with Crippen LogP contribution in [0.4, 0.5) is 0 Å². The quantitative estimate of drug-likeness (QED) is 0.849. The first kappa shape index (κ1) is 15.8. The van der Waals surface area contributed by atoms with Gasteiger partial charge in [0.25, 0.3) is 0 Å². The van der Waals surface area contributed by atoms with Crippen molar-refractivity contribution in [2.24, 2.45) is 0 Å². The summed E-state index contributed by atoms with van der Waals surface area (Å²) in [5, 5.41) is 0. The predicted molar refractivity (Wildman–Crippen MR) is 88.0 cm³/mol. The molecule has 0 radical (unpaired) electrons. The van der Waals surface area contributed by atoms with Crippen LogP contribution >= 0.6 is 0 Å². The molecule has 3 nitrogen and oxygen atoms in total. The summed E-state index contributed by atoms with van der Waals surface area (Å²) in [4.78, 5) is 16.5. The Balaban J connectivity index is 1.89. The minimum atomic E-state index is 0.273. The zero-order valence-electron chi connectivity index (χ0n) is 13.3. The maximum atomic E-state index is 12.0. The zero-order chi connectivity index (χ0) is 15.2. The lowest BCUT2D eigenvalue weighted by Crippen LogP contribution is -2.58. The average Bonchev–Trinajstić information content (AvgIpc) is 2.47. The minimum Gasteiger partial charge on any atom is -0.335 e. The van der Waals surface area contributed by atoms with E-state index in [2.05, 4.69) is 60.1 Å². The van der Waals surface area contributed by atoms with E-state index in [1.807, 2.05) is 13.0 Å². The van der Waals surface area contributed by atoms with E-state index in [1.165, 1.54) is 5.56 Å². The highest BCUT2D eigenvalue weighted by molar-refractivity contribution is 5.76. The predicted octanol–water partition coefficient (Wildman–Crippen LogP) is 3.03. The first-order valence-electron chi connectivity index (χ1n) is 7.87. The van der Waals surface area contributed by atoms with Gasteiger partial charge in [0.15, 0.2) is 0 Å². The first-order valence-corrected chi connectivity index (χ1v) is 7.87. The van der Waals surface area contributed by atoms with Crippen molar-refractivity contribution < 1.29 is 4.79 Å². The molecule has 21 heavy (non-hydrogen) atoms. The number of piperazine rings is 1. The number of hydrogen-bond acceptors (Lipinski definition) is 2. The van der Waals surface area contributed by atoms with Gasteiger partial charge in [0.05, 0.1) is 0 Å². The molecule has 0 saturated carbocycles. The van der Waals surface area contributed by atoms with Crippen LogP contribution < -0.4 is 0 Å². The molecule has 0 N–H and O–H groups in total. The molecule has 1 aliphatic heterocycles. The highest BCUT2D eigenvalue weighted by Crippen LogP contribution is 2.17. The SMILES string of the molecule is CCC(=O)N1[C@H](C)CN(CC=Cc2ccccc2)C[C@@H]1C. The van der Waals surface area contributed by atoms with Crippen LogP contribution in [0.25, 0.3) is 6.08 Å². The van der Waals surface area contributed by atoms with Crippen LogP contribution in [0, 0.1) is 0 Å². The standard InChI is InChI=1S/C18H26N2O/c1-4-18(21)20-15(2)13-19(14-16(20)3)12-8-11-17-9-6-5-7-10-17/h5-11,15-16H,4,12-14H2,1-3H3/t15-,16+. The highest BCUT2D eigenvalue weighted by Gasteiger charge is 2.31. The number of amides is 1. The Labute approximate surface area is 128 Å². The van der Waals surface area contributed by atoms with E-state index in [-0.39, 0.29) is 5.91 Å². The van der Waals surface area contributed by atoms with Gasteiger partial charge in [-0.25, -0.2) is 0 Å². The molecule has 1 aromatic rings. The molecular weight excluding hydrogens is 260 g/mol. The molecule has 0 aliphatic carbocycles. The third-order valence-corrected chi connectivity index (χ3v) is 4.06. The topological polar surface area (TPSA) is 23.6 Å². The third kappa shape index (κ3) is 4.18. The fourth-order valence-corrected chi connectivity index (χ4v) is 3.16. The van der Waals surface area contributed by atoms with E-state index in [1.54, 1.807) is 0 Å². The molecule has 0 unspecified atom stereocenters. The van der Waals surface area contributed by atoms with Gasteiger partial charge >= 0.3 is 0 Å². The van der Waals surface area contributed by atoms with Crippen LogP contribution in [0.3, 0.4) is 0 Å². The minimum absolute atomic E-state index is 0.273. The summed E-state index contributed by atoms with van der Waals surface area (Å²) in [6.07, 6.45) is 4.98. The van der Waals surface area contributed by atoms with Crippen LogP contribution in [0.15, 0.2) is 36.4 Å². The zero-order valence-corrected chi connectivity index (χ0v) is 13.3. The Morgan fingerprint density at radius 3 is 2.38 bits per heavy atom. The summed E-state index contributed by atoms with van der Waals surface area (Å²) in [6, 6.07) is 11.0.